The standard InChI is InChI=1S/C13H15ClN2O4/c14-11-5-4-9(7-12(11)16(19)20)13(18)15-6-2-1-3-10(15)8-17/h4-5,7,10,17H,1-3,6,8H2. The zero-order valence-electron chi connectivity index (χ0n) is 10.8. The minimum absolute atomic E-state index is 0.00361. The highest BCUT2D eigenvalue weighted by atomic mass is 35.5. The van der Waals surface area contributed by atoms with E-state index in [-0.39, 0.29) is 34.8 Å². The number of nitro benzene ring substituents is 1. The molecule has 1 amide bonds. The second-order valence-electron chi connectivity index (χ2n) is 4.75. The molecular weight excluding hydrogens is 284 g/mol. The number of hydrogen-bond donors (Lipinski definition) is 1. The summed E-state index contributed by atoms with van der Waals surface area (Å²) < 4.78 is 0. The van der Waals surface area contributed by atoms with Crippen LogP contribution in [0.1, 0.15) is 29.6 Å². The molecule has 1 heterocycles. The van der Waals surface area contributed by atoms with Crippen molar-refractivity contribution in [2.75, 3.05) is 13.2 Å². The maximum atomic E-state index is 12.4. The molecule has 108 valence electrons. The second-order valence-corrected chi connectivity index (χ2v) is 5.16. The Balaban J connectivity index is 2.28. The van der Waals surface area contributed by atoms with E-state index in [4.69, 9.17) is 11.6 Å². The summed E-state index contributed by atoms with van der Waals surface area (Å²) >= 11 is 5.73. The number of aliphatic hydroxyl groups excluding tert-OH is 1. The van der Waals surface area contributed by atoms with Crippen LogP contribution in [0.3, 0.4) is 0 Å². The maximum absolute atomic E-state index is 12.4. The van der Waals surface area contributed by atoms with E-state index in [0.717, 1.165) is 19.3 Å². The van der Waals surface area contributed by atoms with E-state index < -0.39 is 4.92 Å². The summed E-state index contributed by atoms with van der Waals surface area (Å²) in [6.45, 7) is 0.460. The van der Waals surface area contributed by atoms with Gasteiger partial charge in [-0.3, -0.25) is 14.9 Å². The Morgan fingerprint density at radius 1 is 1.50 bits per heavy atom. The summed E-state index contributed by atoms with van der Waals surface area (Å²) in [6, 6.07) is 3.80. The molecule has 1 unspecified atom stereocenters. The van der Waals surface area contributed by atoms with Crippen LogP contribution >= 0.6 is 11.6 Å². The lowest BCUT2D eigenvalue weighted by Crippen LogP contribution is -2.45. The molecule has 0 spiro atoms. The van der Waals surface area contributed by atoms with Crippen LogP contribution in [0.5, 0.6) is 0 Å². The SMILES string of the molecule is O=C(c1ccc(Cl)c([N+](=O)[O-])c1)N1CCCCC1CO. The molecule has 1 atom stereocenters. The Bertz CT molecular complexity index is 535. The lowest BCUT2D eigenvalue weighted by Gasteiger charge is -2.34. The molecule has 0 aliphatic carbocycles. The molecule has 0 radical (unpaired) electrons. The summed E-state index contributed by atoms with van der Waals surface area (Å²) in [5.41, 5.74) is -0.0588. The number of amides is 1. The van der Waals surface area contributed by atoms with Crippen molar-refractivity contribution in [3.63, 3.8) is 0 Å². The van der Waals surface area contributed by atoms with Crippen LogP contribution in [0.4, 0.5) is 5.69 Å². The van der Waals surface area contributed by atoms with Gasteiger partial charge < -0.3 is 10.0 Å². The second kappa shape index (κ2) is 6.19. The molecule has 1 aliphatic rings. The fraction of sp³-hybridized carbons (Fsp3) is 0.462. The zero-order chi connectivity index (χ0) is 14.7. The van der Waals surface area contributed by atoms with Gasteiger partial charge >= 0.3 is 0 Å². The van der Waals surface area contributed by atoms with Gasteiger partial charge in [-0.05, 0) is 31.4 Å². The van der Waals surface area contributed by atoms with Gasteiger partial charge in [0.05, 0.1) is 17.6 Å². The van der Waals surface area contributed by atoms with E-state index in [0.29, 0.717) is 6.54 Å². The molecule has 1 aliphatic heterocycles. The molecule has 0 bridgehead atoms. The molecule has 0 saturated carbocycles. The topological polar surface area (TPSA) is 83.7 Å². The van der Waals surface area contributed by atoms with Crippen LogP contribution in [0, 0.1) is 10.1 Å². The van der Waals surface area contributed by atoms with Gasteiger partial charge in [0.15, 0.2) is 0 Å². The molecule has 1 saturated heterocycles. The van der Waals surface area contributed by atoms with Crippen LogP contribution in [0.25, 0.3) is 0 Å². The van der Waals surface area contributed by atoms with Crippen molar-refractivity contribution in [2.45, 2.75) is 25.3 Å². The first-order valence-electron chi connectivity index (χ1n) is 6.40. The van der Waals surface area contributed by atoms with Crippen LogP contribution in [0.15, 0.2) is 18.2 Å². The predicted octanol–water partition coefficient (Wildman–Crippen LogP) is 2.24. The molecule has 1 aromatic rings. The van der Waals surface area contributed by atoms with Crippen molar-refractivity contribution in [2.24, 2.45) is 0 Å². The molecule has 0 aromatic heterocycles. The Hall–Kier alpha value is -1.66. The van der Waals surface area contributed by atoms with Crippen molar-refractivity contribution in [3.05, 3.63) is 38.9 Å². The number of hydrogen-bond acceptors (Lipinski definition) is 4. The molecule has 1 fully saturated rings. The predicted molar refractivity (Wildman–Crippen MR) is 73.9 cm³/mol. The number of carbonyl (C=O) groups is 1. The monoisotopic (exact) mass is 298 g/mol. The summed E-state index contributed by atoms with van der Waals surface area (Å²) in [4.78, 5) is 24.2. The minimum Gasteiger partial charge on any atom is -0.394 e. The Morgan fingerprint density at radius 2 is 2.25 bits per heavy atom. The van der Waals surface area contributed by atoms with Crippen molar-refractivity contribution < 1.29 is 14.8 Å². The van der Waals surface area contributed by atoms with Gasteiger partial charge in [0, 0.05) is 18.2 Å². The van der Waals surface area contributed by atoms with Gasteiger partial charge in [-0.15, -0.1) is 0 Å². The molecule has 6 nitrogen and oxygen atoms in total. The fourth-order valence-electron chi connectivity index (χ4n) is 2.41. The lowest BCUT2D eigenvalue weighted by atomic mass is 10.0. The largest absolute Gasteiger partial charge is 0.394 e. The lowest BCUT2D eigenvalue weighted by molar-refractivity contribution is -0.384. The third-order valence-electron chi connectivity index (χ3n) is 3.49. The number of rotatable bonds is 3. The van der Waals surface area contributed by atoms with Crippen molar-refractivity contribution in [1.29, 1.82) is 0 Å². The Kier molecular flexibility index (Phi) is 4.57. The normalized spacial score (nSPS) is 18.9. The molecule has 1 N–H and O–H groups in total. The van der Waals surface area contributed by atoms with Gasteiger partial charge in [-0.1, -0.05) is 11.6 Å². The molecule has 1 aromatic carbocycles. The van der Waals surface area contributed by atoms with Gasteiger partial charge in [0.25, 0.3) is 11.6 Å². The van der Waals surface area contributed by atoms with E-state index >= 15 is 0 Å². The fourth-order valence-corrected chi connectivity index (χ4v) is 2.60. The summed E-state index contributed by atoms with van der Waals surface area (Å²) in [7, 11) is 0. The summed E-state index contributed by atoms with van der Waals surface area (Å²) in [5.74, 6) is -0.302. The van der Waals surface area contributed by atoms with Gasteiger partial charge in [-0.25, -0.2) is 0 Å². The molecule has 7 heteroatoms. The highest BCUT2D eigenvalue weighted by molar-refractivity contribution is 6.32. The van der Waals surface area contributed by atoms with Crippen LogP contribution < -0.4 is 0 Å². The third-order valence-corrected chi connectivity index (χ3v) is 3.81. The number of piperidine rings is 1. The maximum Gasteiger partial charge on any atom is 0.288 e. The summed E-state index contributed by atoms with van der Waals surface area (Å²) in [5, 5.41) is 20.2. The van der Waals surface area contributed by atoms with Crippen LogP contribution in [-0.2, 0) is 0 Å². The Morgan fingerprint density at radius 3 is 2.90 bits per heavy atom. The van der Waals surface area contributed by atoms with Gasteiger partial charge in [0.2, 0.25) is 0 Å². The number of halogens is 1. The average molecular weight is 299 g/mol. The Labute approximate surface area is 121 Å². The smallest absolute Gasteiger partial charge is 0.288 e. The van der Waals surface area contributed by atoms with E-state index in [2.05, 4.69) is 0 Å². The third kappa shape index (κ3) is 2.91. The van der Waals surface area contributed by atoms with Crippen molar-refractivity contribution in [3.8, 4) is 0 Å². The first-order valence-corrected chi connectivity index (χ1v) is 6.78. The van der Waals surface area contributed by atoms with E-state index in [1.165, 1.54) is 18.2 Å². The quantitative estimate of drug-likeness (QED) is 0.685. The number of nitro groups is 1. The van der Waals surface area contributed by atoms with Gasteiger partial charge in [0.1, 0.15) is 5.02 Å². The number of nitrogens with zero attached hydrogens (tertiary/aromatic N) is 2. The molecule has 20 heavy (non-hydrogen) atoms. The minimum atomic E-state index is -0.612. The van der Waals surface area contributed by atoms with E-state index in [1.54, 1.807) is 4.90 Å². The highest BCUT2D eigenvalue weighted by Gasteiger charge is 2.28. The van der Waals surface area contributed by atoms with Gasteiger partial charge in [-0.2, -0.15) is 0 Å². The van der Waals surface area contributed by atoms with Crippen LogP contribution in [-0.4, -0.2) is 40.0 Å². The van der Waals surface area contributed by atoms with E-state index in [1.807, 2.05) is 0 Å². The van der Waals surface area contributed by atoms with E-state index in [9.17, 15) is 20.0 Å². The number of aliphatic hydroxyl groups is 1. The first-order chi connectivity index (χ1) is 9.54. The van der Waals surface area contributed by atoms with Crippen molar-refractivity contribution in [1.82, 2.24) is 4.90 Å². The van der Waals surface area contributed by atoms with Crippen LogP contribution in [0.2, 0.25) is 5.02 Å². The molecule has 2 rings (SSSR count). The number of carbonyl (C=O) groups excluding carboxylic acids is 1. The first kappa shape index (κ1) is 14.7. The highest BCUT2D eigenvalue weighted by Crippen LogP contribution is 2.27. The summed E-state index contributed by atoms with van der Waals surface area (Å²) in [6.07, 6.45) is 2.59. The average Bonchev–Trinajstić information content (AvgIpc) is 2.46. The molecular formula is C13H15ClN2O4. The number of benzene rings is 1. The van der Waals surface area contributed by atoms with Crippen molar-refractivity contribution >= 4 is 23.2 Å². The zero-order valence-corrected chi connectivity index (χ0v) is 11.5. The number of likely N-dealkylation sites (tertiary alicyclic amines) is 1.